The third-order valence-electron chi connectivity index (χ3n) is 4.34. The summed E-state index contributed by atoms with van der Waals surface area (Å²) >= 11 is 0. The lowest BCUT2D eigenvalue weighted by Gasteiger charge is -2.12. The number of rotatable bonds is 6. The van der Waals surface area contributed by atoms with E-state index < -0.39 is 5.97 Å². The molecule has 0 bridgehead atoms. The fraction of sp³-hybridized carbons (Fsp3) is 0.421. The van der Waals surface area contributed by atoms with Gasteiger partial charge in [-0.3, -0.25) is 9.48 Å². The number of aryl methyl sites for hydroxylation is 1. The molecule has 0 spiro atoms. The van der Waals surface area contributed by atoms with Crippen LogP contribution in [0, 0.1) is 12.8 Å². The highest BCUT2D eigenvalue weighted by Gasteiger charge is 2.32. The van der Waals surface area contributed by atoms with Crippen LogP contribution in [-0.4, -0.2) is 26.8 Å². The first kappa shape index (κ1) is 17.2. The van der Waals surface area contributed by atoms with E-state index >= 15 is 0 Å². The Bertz CT molecular complexity index is 819. The molecule has 1 aromatic heterocycles. The normalized spacial score (nSPS) is 13.9. The summed E-state index contributed by atoms with van der Waals surface area (Å²) in [6.45, 7) is 6.77. The minimum absolute atomic E-state index is 0.195. The predicted molar refractivity (Wildman–Crippen MR) is 95.1 cm³/mol. The summed E-state index contributed by atoms with van der Waals surface area (Å²) in [6, 6.07) is 4.80. The van der Waals surface area contributed by atoms with Crippen molar-refractivity contribution in [1.29, 1.82) is 0 Å². The maximum atomic E-state index is 12.7. The second kappa shape index (κ2) is 6.70. The van der Waals surface area contributed by atoms with E-state index in [0.29, 0.717) is 28.7 Å². The van der Waals surface area contributed by atoms with E-state index in [4.69, 9.17) is 5.11 Å². The van der Waals surface area contributed by atoms with Crippen LogP contribution < -0.4 is 5.32 Å². The Morgan fingerprint density at radius 3 is 2.60 bits per heavy atom. The van der Waals surface area contributed by atoms with Crippen LogP contribution in [0.2, 0.25) is 0 Å². The van der Waals surface area contributed by atoms with Gasteiger partial charge in [-0.2, -0.15) is 5.10 Å². The average Bonchev–Trinajstić information content (AvgIpc) is 3.27. The molecule has 2 N–H and O–H groups in total. The van der Waals surface area contributed by atoms with E-state index in [0.717, 1.165) is 25.1 Å². The number of hydrogen-bond donors (Lipinski definition) is 2. The Labute approximate surface area is 146 Å². The highest BCUT2D eigenvalue weighted by Crippen LogP contribution is 2.42. The molecule has 0 radical (unpaired) electrons. The molecule has 0 unspecified atom stereocenters. The number of carboxylic acids is 1. The molecule has 1 amide bonds. The van der Waals surface area contributed by atoms with Crippen molar-refractivity contribution in [3.05, 3.63) is 46.8 Å². The van der Waals surface area contributed by atoms with Crippen LogP contribution in [0.15, 0.2) is 24.4 Å². The molecule has 0 aliphatic heterocycles. The number of carboxylic acid groups (broad SMARTS) is 1. The van der Waals surface area contributed by atoms with E-state index in [9.17, 15) is 9.59 Å². The van der Waals surface area contributed by atoms with E-state index in [1.54, 1.807) is 25.3 Å². The first-order valence-electron chi connectivity index (χ1n) is 8.57. The second-order valence-electron chi connectivity index (χ2n) is 7.08. The molecule has 0 saturated heterocycles. The number of nitrogens with one attached hydrogen (secondary N) is 1. The quantitative estimate of drug-likeness (QED) is 0.839. The molecule has 1 saturated carbocycles. The summed E-state index contributed by atoms with van der Waals surface area (Å²) in [5.74, 6) is -0.293. The largest absolute Gasteiger partial charge is 0.478 e. The third-order valence-corrected chi connectivity index (χ3v) is 4.34. The number of amides is 1. The fourth-order valence-electron chi connectivity index (χ4n) is 3.03. The maximum Gasteiger partial charge on any atom is 0.335 e. The highest BCUT2D eigenvalue weighted by atomic mass is 16.4. The summed E-state index contributed by atoms with van der Waals surface area (Å²) in [6.07, 6.45) is 3.83. The van der Waals surface area contributed by atoms with Crippen molar-refractivity contribution < 1.29 is 14.7 Å². The van der Waals surface area contributed by atoms with Crippen molar-refractivity contribution >= 4 is 17.6 Å². The number of nitrogens with zero attached hydrogens (tertiary/aromatic N) is 2. The Balaban J connectivity index is 1.83. The van der Waals surface area contributed by atoms with Gasteiger partial charge in [-0.05, 0) is 49.4 Å². The fourth-order valence-corrected chi connectivity index (χ4v) is 3.03. The minimum Gasteiger partial charge on any atom is -0.478 e. The summed E-state index contributed by atoms with van der Waals surface area (Å²) in [4.78, 5) is 23.8. The number of carbonyl (C=O) groups is 2. The molecule has 6 nitrogen and oxygen atoms in total. The Kier molecular flexibility index (Phi) is 4.61. The number of carbonyl (C=O) groups excluding carboxylic acids is 1. The molecule has 3 rings (SSSR count). The van der Waals surface area contributed by atoms with Gasteiger partial charge in [0.05, 0.1) is 23.0 Å². The molecular weight excluding hydrogens is 318 g/mol. The molecular formula is C19H23N3O3. The van der Waals surface area contributed by atoms with Gasteiger partial charge in [0, 0.05) is 18.2 Å². The van der Waals surface area contributed by atoms with Gasteiger partial charge in [0.15, 0.2) is 0 Å². The van der Waals surface area contributed by atoms with Gasteiger partial charge in [0.25, 0.3) is 5.91 Å². The number of anilines is 1. The van der Waals surface area contributed by atoms with Gasteiger partial charge < -0.3 is 10.4 Å². The zero-order valence-electron chi connectivity index (χ0n) is 14.7. The second-order valence-corrected chi connectivity index (χ2v) is 7.08. The number of aromatic carboxylic acids is 1. The lowest BCUT2D eigenvalue weighted by molar-refractivity contribution is 0.0696. The minimum atomic E-state index is -0.971. The van der Waals surface area contributed by atoms with Crippen LogP contribution in [0.25, 0.3) is 0 Å². The van der Waals surface area contributed by atoms with Crippen LogP contribution in [0.4, 0.5) is 5.69 Å². The Morgan fingerprint density at radius 1 is 1.32 bits per heavy atom. The molecule has 25 heavy (non-hydrogen) atoms. The SMILES string of the molecule is Cc1cc(NC(=O)c2cnn(CC(C)C)c2C2CC2)ccc1C(=O)O. The highest BCUT2D eigenvalue weighted by molar-refractivity contribution is 6.05. The maximum absolute atomic E-state index is 12.7. The lowest BCUT2D eigenvalue weighted by atomic mass is 10.1. The van der Waals surface area contributed by atoms with E-state index in [-0.39, 0.29) is 11.5 Å². The molecule has 0 atom stereocenters. The van der Waals surface area contributed by atoms with Crippen LogP contribution >= 0.6 is 0 Å². The molecule has 1 heterocycles. The van der Waals surface area contributed by atoms with Crippen LogP contribution in [0.1, 0.15) is 64.6 Å². The summed E-state index contributed by atoms with van der Waals surface area (Å²) in [5, 5.41) is 16.4. The molecule has 1 aliphatic carbocycles. The molecule has 2 aromatic rings. The van der Waals surface area contributed by atoms with E-state index in [1.165, 1.54) is 6.07 Å². The topological polar surface area (TPSA) is 84.2 Å². The van der Waals surface area contributed by atoms with Crippen molar-refractivity contribution in [1.82, 2.24) is 9.78 Å². The standard InChI is InChI=1S/C19H23N3O3/c1-11(2)10-22-17(13-4-5-13)16(9-20-22)18(23)21-14-6-7-15(19(24)25)12(3)8-14/h6-9,11,13H,4-5,10H2,1-3H3,(H,21,23)(H,24,25). The predicted octanol–water partition coefficient (Wildman–Crippen LogP) is 3.68. The number of benzene rings is 1. The molecule has 1 aromatic carbocycles. The van der Waals surface area contributed by atoms with Gasteiger partial charge >= 0.3 is 5.97 Å². The first-order valence-corrected chi connectivity index (χ1v) is 8.57. The van der Waals surface area contributed by atoms with Crippen molar-refractivity contribution in [2.45, 2.75) is 46.1 Å². The van der Waals surface area contributed by atoms with Crippen molar-refractivity contribution in [3.8, 4) is 0 Å². The Morgan fingerprint density at radius 2 is 2.04 bits per heavy atom. The van der Waals surface area contributed by atoms with Crippen molar-refractivity contribution in [2.75, 3.05) is 5.32 Å². The zero-order valence-corrected chi connectivity index (χ0v) is 14.7. The van der Waals surface area contributed by atoms with Crippen LogP contribution in [0.5, 0.6) is 0 Å². The Hall–Kier alpha value is -2.63. The van der Waals surface area contributed by atoms with Gasteiger partial charge in [-0.1, -0.05) is 13.8 Å². The van der Waals surface area contributed by atoms with Crippen molar-refractivity contribution in [3.63, 3.8) is 0 Å². The van der Waals surface area contributed by atoms with Gasteiger partial charge in [0.2, 0.25) is 0 Å². The monoisotopic (exact) mass is 341 g/mol. The van der Waals surface area contributed by atoms with Gasteiger partial charge in [-0.25, -0.2) is 4.79 Å². The average molecular weight is 341 g/mol. The molecule has 6 heteroatoms. The smallest absolute Gasteiger partial charge is 0.335 e. The van der Waals surface area contributed by atoms with E-state index in [1.807, 2.05) is 4.68 Å². The van der Waals surface area contributed by atoms with Crippen LogP contribution in [0.3, 0.4) is 0 Å². The number of hydrogen-bond acceptors (Lipinski definition) is 3. The first-order chi connectivity index (χ1) is 11.9. The van der Waals surface area contributed by atoms with Gasteiger partial charge in [-0.15, -0.1) is 0 Å². The summed E-state index contributed by atoms with van der Waals surface area (Å²) in [7, 11) is 0. The molecule has 1 aliphatic rings. The number of aromatic nitrogens is 2. The van der Waals surface area contributed by atoms with Crippen molar-refractivity contribution in [2.24, 2.45) is 5.92 Å². The summed E-state index contributed by atoms with van der Waals surface area (Å²) < 4.78 is 1.95. The molecule has 1 fully saturated rings. The third kappa shape index (κ3) is 3.73. The van der Waals surface area contributed by atoms with Gasteiger partial charge in [0.1, 0.15) is 0 Å². The lowest BCUT2D eigenvalue weighted by Crippen LogP contribution is -2.16. The zero-order chi connectivity index (χ0) is 18.1. The molecule has 132 valence electrons. The van der Waals surface area contributed by atoms with Crippen LogP contribution in [-0.2, 0) is 6.54 Å². The summed E-state index contributed by atoms with van der Waals surface area (Å²) in [5.41, 5.74) is 3.07. The van der Waals surface area contributed by atoms with E-state index in [2.05, 4.69) is 24.3 Å².